The van der Waals surface area contributed by atoms with Gasteiger partial charge in [0, 0.05) is 18.6 Å². The zero-order valence-corrected chi connectivity index (χ0v) is 10.2. The van der Waals surface area contributed by atoms with Gasteiger partial charge in [-0.2, -0.15) is 0 Å². The molecule has 0 amide bonds. The second-order valence-corrected chi connectivity index (χ2v) is 5.43. The molecule has 0 aromatic heterocycles. The van der Waals surface area contributed by atoms with Crippen molar-refractivity contribution in [3.8, 4) is 0 Å². The number of nitrogens with zero attached hydrogens (tertiary/aromatic N) is 1. The van der Waals surface area contributed by atoms with Gasteiger partial charge in [-0.15, -0.1) is 0 Å². The molecule has 2 aliphatic heterocycles. The Kier molecular flexibility index (Phi) is 4.59. The third kappa shape index (κ3) is 3.17. The van der Waals surface area contributed by atoms with Crippen molar-refractivity contribution in [2.45, 2.75) is 38.5 Å². The van der Waals surface area contributed by atoms with Crippen LogP contribution in [-0.2, 0) is 4.74 Å². The van der Waals surface area contributed by atoms with Gasteiger partial charge in [0.2, 0.25) is 0 Å². The lowest BCUT2D eigenvalue weighted by atomic mass is 9.82. The van der Waals surface area contributed by atoms with Crippen molar-refractivity contribution in [3.05, 3.63) is 0 Å². The van der Waals surface area contributed by atoms with Crippen LogP contribution in [0.5, 0.6) is 0 Å². The summed E-state index contributed by atoms with van der Waals surface area (Å²) in [5.41, 5.74) is 0.471. The predicted octanol–water partition coefficient (Wildman–Crippen LogP) is 2.63. The van der Waals surface area contributed by atoms with Gasteiger partial charge in [0.1, 0.15) is 0 Å². The molecule has 0 radical (unpaired) electrons. The highest BCUT2D eigenvalue weighted by molar-refractivity contribution is 4.91. The van der Waals surface area contributed by atoms with Crippen molar-refractivity contribution in [2.24, 2.45) is 5.41 Å². The van der Waals surface area contributed by atoms with Crippen LogP contribution in [0, 0.1) is 5.41 Å². The first-order chi connectivity index (χ1) is 7.85. The Hall–Kier alpha value is -0.150. The van der Waals surface area contributed by atoms with Crippen LogP contribution in [0.15, 0.2) is 0 Å². The molecule has 0 bridgehead atoms. The summed E-state index contributed by atoms with van der Waals surface area (Å²) >= 11 is 0. The molecule has 1 spiro atoms. The van der Waals surface area contributed by atoms with Crippen LogP contribution in [-0.4, -0.2) is 44.4 Å². The highest BCUT2D eigenvalue weighted by Gasteiger charge is 2.39. The van der Waals surface area contributed by atoms with E-state index >= 15 is 0 Å². The van der Waals surface area contributed by atoms with Crippen molar-refractivity contribution in [1.82, 2.24) is 4.90 Å². The molecule has 1 unspecified atom stereocenters. The zero-order valence-electron chi connectivity index (χ0n) is 10.2. The number of hydrogen-bond donors (Lipinski definition) is 0. The predicted molar refractivity (Wildman–Crippen MR) is 63.4 cm³/mol. The summed E-state index contributed by atoms with van der Waals surface area (Å²) in [4.78, 5) is 2.55. The van der Waals surface area contributed by atoms with Crippen LogP contribution in [0.1, 0.15) is 38.5 Å². The minimum absolute atomic E-state index is 0.155. The van der Waals surface area contributed by atoms with Gasteiger partial charge in [-0.05, 0) is 51.6 Å². The Morgan fingerprint density at radius 3 is 2.88 bits per heavy atom. The lowest BCUT2D eigenvalue weighted by Gasteiger charge is -2.33. The molecule has 0 N–H and O–H groups in total. The molecule has 0 saturated carbocycles. The molecule has 2 nitrogen and oxygen atoms in total. The standard InChI is InChI=1S/C13H24FNO/c14-7-2-1-3-8-15-9-6-13(11-15)5-4-10-16-12-13/h1-12H2. The van der Waals surface area contributed by atoms with Crippen molar-refractivity contribution < 1.29 is 9.13 Å². The van der Waals surface area contributed by atoms with Crippen molar-refractivity contribution in [2.75, 3.05) is 39.5 Å². The second kappa shape index (κ2) is 5.97. The Bertz CT molecular complexity index is 204. The van der Waals surface area contributed by atoms with E-state index in [1.165, 1.54) is 32.4 Å². The first-order valence-electron chi connectivity index (χ1n) is 6.71. The topological polar surface area (TPSA) is 12.5 Å². The number of ether oxygens (including phenoxy) is 1. The summed E-state index contributed by atoms with van der Waals surface area (Å²) in [6, 6.07) is 0. The maximum Gasteiger partial charge on any atom is 0.0894 e. The summed E-state index contributed by atoms with van der Waals surface area (Å²) < 4.78 is 17.6. The maximum absolute atomic E-state index is 11.9. The maximum atomic E-state index is 11.9. The highest BCUT2D eigenvalue weighted by atomic mass is 19.1. The third-order valence-electron chi connectivity index (χ3n) is 4.03. The van der Waals surface area contributed by atoms with Crippen molar-refractivity contribution >= 4 is 0 Å². The minimum Gasteiger partial charge on any atom is -0.381 e. The van der Waals surface area contributed by atoms with Gasteiger partial charge in [-0.1, -0.05) is 0 Å². The van der Waals surface area contributed by atoms with Gasteiger partial charge in [0.05, 0.1) is 13.3 Å². The highest BCUT2D eigenvalue weighted by Crippen LogP contribution is 2.37. The lowest BCUT2D eigenvalue weighted by molar-refractivity contribution is -0.00216. The largest absolute Gasteiger partial charge is 0.381 e. The molecule has 0 aliphatic carbocycles. The van der Waals surface area contributed by atoms with E-state index in [-0.39, 0.29) is 6.67 Å². The fourth-order valence-corrected chi connectivity index (χ4v) is 3.06. The number of rotatable bonds is 5. The van der Waals surface area contributed by atoms with Gasteiger partial charge >= 0.3 is 0 Å². The van der Waals surface area contributed by atoms with Gasteiger partial charge < -0.3 is 9.64 Å². The van der Waals surface area contributed by atoms with Crippen LogP contribution in [0.2, 0.25) is 0 Å². The van der Waals surface area contributed by atoms with Gasteiger partial charge in [-0.25, -0.2) is 0 Å². The second-order valence-electron chi connectivity index (χ2n) is 5.43. The Morgan fingerprint density at radius 2 is 2.12 bits per heavy atom. The summed E-state index contributed by atoms with van der Waals surface area (Å²) in [7, 11) is 0. The number of unbranched alkanes of at least 4 members (excludes halogenated alkanes) is 2. The molecule has 2 heterocycles. The third-order valence-corrected chi connectivity index (χ3v) is 4.03. The van der Waals surface area contributed by atoms with Gasteiger partial charge in [0.15, 0.2) is 0 Å². The summed E-state index contributed by atoms with van der Waals surface area (Å²) in [6.07, 6.45) is 6.80. The minimum atomic E-state index is -0.155. The molecule has 16 heavy (non-hydrogen) atoms. The fourth-order valence-electron chi connectivity index (χ4n) is 3.06. The fraction of sp³-hybridized carbons (Fsp3) is 1.00. The van der Waals surface area contributed by atoms with E-state index in [2.05, 4.69) is 4.90 Å². The molecule has 2 rings (SSSR count). The van der Waals surface area contributed by atoms with Crippen LogP contribution < -0.4 is 0 Å². The van der Waals surface area contributed by atoms with E-state index in [9.17, 15) is 4.39 Å². The molecule has 2 fully saturated rings. The molecular formula is C13H24FNO. The Morgan fingerprint density at radius 1 is 1.19 bits per heavy atom. The van der Waals surface area contributed by atoms with Crippen LogP contribution in [0.25, 0.3) is 0 Å². The number of hydrogen-bond acceptors (Lipinski definition) is 2. The Balaban J connectivity index is 1.66. The van der Waals surface area contributed by atoms with Crippen molar-refractivity contribution in [1.29, 1.82) is 0 Å². The van der Waals surface area contributed by atoms with E-state index in [1.807, 2.05) is 0 Å². The average Bonchev–Trinajstić information content (AvgIpc) is 2.69. The molecule has 0 aromatic rings. The molecule has 3 heteroatoms. The van der Waals surface area contributed by atoms with Crippen molar-refractivity contribution in [3.63, 3.8) is 0 Å². The number of alkyl halides is 1. The van der Waals surface area contributed by atoms with E-state index in [0.717, 1.165) is 39.0 Å². The van der Waals surface area contributed by atoms with E-state index in [4.69, 9.17) is 4.74 Å². The summed E-state index contributed by atoms with van der Waals surface area (Å²) in [5.74, 6) is 0. The molecule has 2 saturated heterocycles. The lowest BCUT2D eigenvalue weighted by Crippen LogP contribution is -2.35. The SMILES string of the molecule is FCCCCCN1CCC2(CCCOC2)C1. The van der Waals surface area contributed by atoms with Gasteiger partial charge in [0.25, 0.3) is 0 Å². The molecule has 94 valence electrons. The molecule has 2 aliphatic rings. The van der Waals surface area contributed by atoms with E-state index in [0.29, 0.717) is 5.41 Å². The number of likely N-dealkylation sites (tertiary alicyclic amines) is 1. The van der Waals surface area contributed by atoms with Gasteiger partial charge in [-0.3, -0.25) is 4.39 Å². The zero-order chi connectivity index (χ0) is 11.3. The Labute approximate surface area is 98.1 Å². The molecule has 1 atom stereocenters. The first kappa shape index (κ1) is 12.3. The molecule has 0 aromatic carbocycles. The smallest absolute Gasteiger partial charge is 0.0894 e. The van der Waals surface area contributed by atoms with Crippen LogP contribution in [0.3, 0.4) is 0 Å². The quantitative estimate of drug-likeness (QED) is 0.672. The first-order valence-corrected chi connectivity index (χ1v) is 6.71. The van der Waals surface area contributed by atoms with E-state index < -0.39 is 0 Å². The average molecular weight is 229 g/mol. The summed E-state index contributed by atoms with van der Waals surface area (Å²) in [6.45, 7) is 5.35. The van der Waals surface area contributed by atoms with Crippen LogP contribution >= 0.6 is 0 Å². The van der Waals surface area contributed by atoms with E-state index in [1.54, 1.807) is 0 Å². The molecular weight excluding hydrogens is 205 g/mol. The monoisotopic (exact) mass is 229 g/mol. The van der Waals surface area contributed by atoms with Crippen LogP contribution in [0.4, 0.5) is 4.39 Å². The normalized spacial score (nSPS) is 31.3. The number of halogens is 1. The summed E-state index contributed by atoms with van der Waals surface area (Å²) in [5, 5.41) is 0.